The van der Waals surface area contributed by atoms with Gasteiger partial charge in [0.15, 0.2) is 6.29 Å². The molecule has 0 fully saturated rings. The van der Waals surface area contributed by atoms with Crippen LogP contribution in [0.4, 0.5) is 0 Å². The van der Waals surface area contributed by atoms with Gasteiger partial charge in [-0.1, -0.05) is 6.92 Å². The van der Waals surface area contributed by atoms with Crippen molar-refractivity contribution in [3.8, 4) is 0 Å². The van der Waals surface area contributed by atoms with E-state index in [1.807, 2.05) is 6.92 Å². The van der Waals surface area contributed by atoms with Gasteiger partial charge in [0.05, 0.1) is 0 Å². The summed E-state index contributed by atoms with van der Waals surface area (Å²) >= 11 is 0. The van der Waals surface area contributed by atoms with Gasteiger partial charge in [0.2, 0.25) is 0 Å². The second-order valence-electron chi connectivity index (χ2n) is 3.12. The first-order valence-electron chi connectivity index (χ1n) is 3.75. The van der Waals surface area contributed by atoms with Crippen LogP contribution in [0.2, 0.25) is 0 Å². The number of hydrogen-bond acceptors (Lipinski definition) is 3. The van der Waals surface area contributed by atoms with Gasteiger partial charge in [0.25, 0.3) is 0 Å². The number of aliphatic hydroxyl groups is 2. The molecule has 0 saturated heterocycles. The van der Waals surface area contributed by atoms with Crippen LogP contribution in [0.25, 0.3) is 0 Å². The van der Waals surface area contributed by atoms with Gasteiger partial charge in [-0.25, -0.2) is 0 Å². The monoisotopic (exact) mass is 159 g/mol. The van der Waals surface area contributed by atoms with Gasteiger partial charge < -0.3 is 10.2 Å². The van der Waals surface area contributed by atoms with Crippen molar-refractivity contribution >= 4 is 6.29 Å². The van der Waals surface area contributed by atoms with Gasteiger partial charge >= 0.3 is 0 Å². The zero-order valence-corrected chi connectivity index (χ0v) is 6.84. The summed E-state index contributed by atoms with van der Waals surface area (Å²) in [5.41, 5.74) is -0.384. The average Bonchev–Trinajstić information content (AvgIpc) is 2.02. The molecule has 65 valence electrons. The van der Waals surface area contributed by atoms with Crippen molar-refractivity contribution in [1.82, 2.24) is 0 Å². The summed E-state index contributed by atoms with van der Waals surface area (Å²) < 4.78 is 0. The molecule has 0 amide bonds. The van der Waals surface area contributed by atoms with Crippen LogP contribution < -0.4 is 0 Å². The molecule has 0 spiro atoms. The Morgan fingerprint density at radius 1 is 1.45 bits per heavy atom. The molecular weight excluding hydrogens is 144 g/mol. The summed E-state index contributed by atoms with van der Waals surface area (Å²) in [6, 6.07) is 0. The fourth-order valence-electron chi connectivity index (χ4n) is 0.903. The molecule has 1 radical (unpaired) electrons. The van der Waals surface area contributed by atoms with Gasteiger partial charge in [0.1, 0.15) is 0 Å². The first kappa shape index (κ1) is 10.6. The van der Waals surface area contributed by atoms with E-state index < -0.39 is 0 Å². The van der Waals surface area contributed by atoms with E-state index in [2.05, 4.69) is 0 Å². The Kier molecular flexibility index (Phi) is 5.07. The summed E-state index contributed by atoms with van der Waals surface area (Å²) in [5.74, 6) is 0. The molecule has 0 bridgehead atoms. The van der Waals surface area contributed by atoms with Crippen molar-refractivity contribution in [3.05, 3.63) is 0 Å². The first-order valence-corrected chi connectivity index (χ1v) is 3.75. The molecule has 0 aliphatic rings. The predicted octanol–water partition coefficient (Wildman–Crippen LogP) is 0.257. The number of carbonyl (C=O) groups excluding carboxylic acids is 1. The highest BCUT2D eigenvalue weighted by Gasteiger charge is 2.22. The van der Waals surface area contributed by atoms with Crippen LogP contribution in [-0.2, 0) is 4.79 Å². The Morgan fingerprint density at radius 2 is 2.09 bits per heavy atom. The molecular formula is C8H15O3. The molecule has 0 aromatic rings. The Balaban J connectivity index is 3.77. The highest BCUT2D eigenvalue weighted by molar-refractivity contribution is 5.51. The van der Waals surface area contributed by atoms with E-state index in [0.29, 0.717) is 12.8 Å². The number of hydrogen-bond donors (Lipinski definition) is 2. The van der Waals surface area contributed by atoms with Gasteiger partial charge in [0, 0.05) is 19.6 Å². The minimum Gasteiger partial charge on any atom is -0.396 e. The lowest BCUT2D eigenvalue weighted by atomic mass is 9.84. The molecule has 0 aromatic carbocycles. The summed E-state index contributed by atoms with van der Waals surface area (Å²) in [4.78, 5) is 10.0. The van der Waals surface area contributed by atoms with Crippen molar-refractivity contribution in [2.75, 3.05) is 13.2 Å². The van der Waals surface area contributed by atoms with E-state index >= 15 is 0 Å². The van der Waals surface area contributed by atoms with Gasteiger partial charge in [-0.05, 0) is 18.3 Å². The Labute approximate surface area is 67.0 Å². The largest absolute Gasteiger partial charge is 0.396 e. The summed E-state index contributed by atoms with van der Waals surface area (Å²) in [5, 5.41) is 17.4. The summed E-state index contributed by atoms with van der Waals surface area (Å²) in [6.07, 6.45) is 3.30. The van der Waals surface area contributed by atoms with E-state index in [1.54, 1.807) is 6.29 Å². The Hall–Kier alpha value is -0.410. The molecule has 3 nitrogen and oxygen atoms in total. The van der Waals surface area contributed by atoms with Crippen LogP contribution in [0.15, 0.2) is 0 Å². The fourth-order valence-corrected chi connectivity index (χ4v) is 0.903. The van der Waals surface area contributed by atoms with Gasteiger partial charge in [-0.3, -0.25) is 4.79 Å². The van der Waals surface area contributed by atoms with Crippen LogP contribution in [0.3, 0.4) is 0 Å². The van der Waals surface area contributed by atoms with Crippen LogP contribution in [0.1, 0.15) is 26.2 Å². The molecule has 0 heterocycles. The quantitative estimate of drug-likeness (QED) is 0.584. The molecule has 2 N–H and O–H groups in total. The third kappa shape index (κ3) is 4.11. The smallest absolute Gasteiger partial charge is 0.199 e. The van der Waals surface area contributed by atoms with Gasteiger partial charge in [-0.2, -0.15) is 0 Å². The third-order valence-electron chi connectivity index (χ3n) is 1.82. The number of rotatable bonds is 6. The highest BCUT2D eigenvalue weighted by Crippen LogP contribution is 2.25. The maximum Gasteiger partial charge on any atom is 0.199 e. The molecule has 0 aromatic heterocycles. The first-order chi connectivity index (χ1) is 5.18. The SMILES string of the molecule is CC(CO)(C[C]=O)CCCO. The topological polar surface area (TPSA) is 57.5 Å². The average molecular weight is 159 g/mol. The predicted molar refractivity (Wildman–Crippen MR) is 41.8 cm³/mol. The Bertz CT molecular complexity index is 114. The molecule has 0 rings (SSSR count). The van der Waals surface area contributed by atoms with Crippen molar-refractivity contribution in [1.29, 1.82) is 0 Å². The maximum absolute atomic E-state index is 10.0. The second-order valence-corrected chi connectivity index (χ2v) is 3.12. The molecule has 3 heteroatoms. The third-order valence-corrected chi connectivity index (χ3v) is 1.82. The van der Waals surface area contributed by atoms with Crippen molar-refractivity contribution in [3.63, 3.8) is 0 Å². The van der Waals surface area contributed by atoms with E-state index in [9.17, 15) is 4.79 Å². The van der Waals surface area contributed by atoms with Crippen LogP contribution in [0, 0.1) is 5.41 Å². The van der Waals surface area contributed by atoms with Crippen molar-refractivity contribution in [2.24, 2.45) is 5.41 Å². The molecule has 0 aliphatic heterocycles. The lowest BCUT2D eigenvalue weighted by Crippen LogP contribution is -2.22. The Morgan fingerprint density at radius 3 is 2.45 bits per heavy atom. The zero-order chi connectivity index (χ0) is 8.74. The van der Waals surface area contributed by atoms with Crippen molar-refractivity contribution in [2.45, 2.75) is 26.2 Å². The molecule has 1 atom stereocenters. The lowest BCUT2D eigenvalue weighted by molar-refractivity contribution is 0.127. The van der Waals surface area contributed by atoms with Gasteiger partial charge in [-0.15, -0.1) is 0 Å². The van der Waals surface area contributed by atoms with E-state index in [-0.39, 0.29) is 25.0 Å². The van der Waals surface area contributed by atoms with Crippen LogP contribution in [0.5, 0.6) is 0 Å². The molecule has 0 aliphatic carbocycles. The van der Waals surface area contributed by atoms with Crippen LogP contribution in [-0.4, -0.2) is 29.7 Å². The second kappa shape index (κ2) is 5.27. The van der Waals surface area contributed by atoms with Crippen molar-refractivity contribution < 1.29 is 15.0 Å². The van der Waals surface area contributed by atoms with E-state index in [0.717, 1.165) is 0 Å². The summed E-state index contributed by atoms with van der Waals surface area (Å²) in [6.45, 7) is 1.89. The standard InChI is InChI=1S/C8H15O3/c1-8(7-11,4-6-10)3-2-5-9/h9,11H,2-5,7H2,1H3. The highest BCUT2D eigenvalue weighted by atomic mass is 16.3. The fraction of sp³-hybridized carbons (Fsp3) is 0.875. The normalized spacial score (nSPS) is 15.9. The zero-order valence-electron chi connectivity index (χ0n) is 6.84. The van der Waals surface area contributed by atoms with E-state index in [1.165, 1.54) is 0 Å². The summed E-state index contributed by atoms with van der Waals surface area (Å²) in [7, 11) is 0. The minimum absolute atomic E-state index is 0.0256. The minimum atomic E-state index is -0.384. The number of aliphatic hydroxyl groups excluding tert-OH is 2. The maximum atomic E-state index is 10.0. The molecule has 0 saturated carbocycles. The molecule has 1 unspecified atom stereocenters. The van der Waals surface area contributed by atoms with Crippen LogP contribution >= 0.6 is 0 Å². The lowest BCUT2D eigenvalue weighted by Gasteiger charge is -2.23. The molecule has 11 heavy (non-hydrogen) atoms. The van der Waals surface area contributed by atoms with E-state index in [4.69, 9.17) is 10.2 Å².